The van der Waals surface area contributed by atoms with Crippen molar-refractivity contribution in [3.05, 3.63) is 64.1 Å². The number of H-pyrrole nitrogens is 1. The molecule has 4 heteroatoms. The number of nitrogens with one attached hydrogen (secondary N) is 1. The highest BCUT2D eigenvalue weighted by Crippen LogP contribution is 2.33. The van der Waals surface area contributed by atoms with E-state index in [2.05, 4.69) is 11.9 Å². The summed E-state index contributed by atoms with van der Waals surface area (Å²) in [6.45, 7) is 4.11. The fourth-order valence-corrected chi connectivity index (χ4v) is 3.24. The van der Waals surface area contributed by atoms with Crippen molar-refractivity contribution in [2.45, 2.75) is 13.8 Å². The summed E-state index contributed by atoms with van der Waals surface area (Å²) in [4.78, 5) is 15.9. The number of para-hydroxylation sites is 1. The molecule has 0 radical (unpaired) electrons. The van der Waals surface area contributed by atoms with Gasteiger partial charge in [0, 0.05) is 27.5 Å². The minimum absolute atomic E-state index is 0.365. The van der Waals surface area contributed by atoms with Crippen molar-refractivity contribution in [2.24, 2.45) is 0 Å². The van der Waals surface area contributed by atoms with Crippen molar-refractivity contribution >= 4 is 21.9 Å². The summed E-state index contributed by atoms with van der Waals surface area (Å²) in [5.74, 6) is 0.651. The Morgan fingerprint density at radius 1 is 1.04 bits per heavy atom. The maximum Gasteiger partial charge on any atom is 0.344 e. The third-order valence-corrected chi connectivity index (χ3v) is 4.57. The summed E-state index contributed by atoms with van der Waals surface area (Å²) in [6.07, 6.45) is 0. The van der Waals surface area contributed by atoms with E-state index >= 15 is 0 Å². The average Bonchev–Trinajstić information content (AvgIpc) is 2.89. The molecule has 2 aromatic heterocycles. The average molecular weight is 319 g/mol. The number of fused-ring (bicyclic) bond motifs is 3. The summed E-state index contributed by atoms with van der Waals surface area (Å²) in [5.41, 5.74) is 4.78. The zero-order valence-corrected chi connectivity index (χ0v) is 13.8. The van der Waals surface area contributed by atoms with Crippen LogP contribution in [0.5, 0.6) is 5.75 Å². The predicted octanol–water partition coefficient (Wildman–Crippen LogP) is 4.57. The fourth-order valence-electron chi connectivity index (χ4n) is 3.24. The van der Waals surface area contributed by atoms with Crippen molar-refractivity contribution in [1.82, 2.24) is 4.98 Å². The number of ether oxygens (including phenoxy) is 1. The number of methoxy groups -OCH3 is 1. The van der Waals surface area contributed by atoms with Crippen LogP contribution in [0.1, 0.15) is 11.3 Å². The van der Waals surface area contributed by atoms with E-state index in [1.165, 1.54) is 0 Å². The number of aromatic nitrogens is 1. The molecule has 0 saturated heterocycles. The number of hydrogen-bond acceptors (Lipinski definition) is 3. The highest BCUT2D eigenvalue weighted by atomic mass is 16.5. The van der Waals surface area contributed by atoms with Crippen LogP contribution in [0.2, 0.25) is 0 Å². The van der Waals surface area contributed by atoms with Crippen LogP contribution in [0, 0.1) is 13.8 Å². The van der Waals surface area contributed by atoms with Gasteiger partial charge in [-0.15, -0.1) is 0 Å². The highest BCUT2D eigenvalue weighted by Gasteiger charge is 2.15. The molecule has 24 heavy (non-hydrogen) atoms. The first-order chi connectivity index (χ1) is 11.6. The van der Waals surface area contributed by atoms with Gasteiger partial charge in [0.25, 0.3) is 0 Å². The molecule has 0 aliphatic rings. The molecule has 0 aliphatic heterocycles. The quantitative estimate of drug-likeness (QED) is 0.551. The van der Waals surface area contributed by atoms with Gasteiger partial charge in [-0.25, -0.2) is 4.79 Å². The first kappa shape index (κ1) is 14.6. The molecule has 0 spiro atoms. The Morgan fingerprint density at radius 2 is 1.83 bits per heavy atom. The van der Waals surface area contributed by atoms with E-state index in [0.717, 1.165) is 33.1 Å². The van der Waals surface area contributed by atoms with E-state index in [1.54, 1.807) is 7.11 Å². The Balaban J connectivity index is 2.12. The summed E-state index contributed by atoms with van der Waals surface area (Å²) in [6, 6.07) is 13.2. The number of aromatic amines is 1. The molecule has 4 aromatic rings. The Labute approximate surface area is 138 Å². The maximum atomic E-state index is 12.5. The van der Waals surface area contributed by atoms with E-state index < -0.39 is 0 Å². The molecular formula is C20H17NO3. The van der Waals surface area contributed by atoms with Crippen LogP contribution in [0.4, 0.5) is 0 Å². The van der Waals surface area contributed by atoms with Gasteiger partial charge in [0.1, 0.15) is 11.3 Å². The zero-order valence-electron chi connectivity index (χ0n) is 13.8. The smallest absolute Gasteiger partial charge is 0.344 e. The van der Waals surface area contributed by atoms with Crippen molar-refractivity contribution in [3.8, 4) is 16.9 Å². The van der Waals surface area contributed by atoms with Crippen molar-refractivity contribution in [2.75, 3.05) is 7.11 Å². The second kappa shape index (κ2) is 5.27. The lowest BCUT2D eigenvalue weighted by atomic mass is 10.0. The second-order valence-corrected chi connectivity index (χ2v) is 5.92. The van der Waals surface area contributed by atoms with E-state index in [0.29, 0.717) is 16.9 Å². The second-order valence-electron chi connectivity index (χ2n) is 5.92. The third-order valence-electron chi connectivity index (χ3n) is 4.57. The molecule has 0 atom stereocenters. The summed E-state index contributed by atoms with van der Waals surface area (Å²) in [7, 11) is 1.60. The lowest BCUT2D eigenvalue weighted by molar-refractivity contribution is 0.416. The summed E-state index contributed by atoms with van der Waals surface area (Å²) >= 11 is 0. The molecule has 0 amide bonds. The fraction of sp³-hybridized carbons (Fsp3) is 0.150. The molecule has 4 nitrogen and oxygen atoms in total. The van der Waals surface area contributed by atoms with E-state index in [1.807, 2.05) is 49.4 Å². The van der Waals surface area contributed by atoms with Gasteiger partial charge in [-0.3, -0.25) is 0 Å². The molecule has 2 heterocycles. The van der Waals surface area contributed by atoms with Gasteiger partial charge in [-0.1, -0.05) is 18.2 Å². The first-order valence-corrected chi connectivity index (χ1v) is 7.79. The summed E-state index contributed by atoms with van der Waals surface area (Å²) < 4.78 is 11.0. The monoisotopic (exact) mass is 319 g/mol. The molecule has 0 unspecified atom stereocenters. The van der Waals surface area contributed by atoms with Gasteiger partial charge in [-0.05, 0) is 43.7 Å². The molecule has 2 aromatic carbocycles. The van der Waals surface area contributed by atoms with Crippen LogP contribution < -0.4 is 10.4 Å². The Kier molecular flexibility index (Phi) is 3.20. The molecule has 0 aliphatic carbocycles. The van der Waals surface area contributed by atoms with Crippen LogP contribution in [0.3, 0.4) is 0 Å². The van der Waals surface area contributed by atoms with E-state index in [9.17, 15) is 4.79 Å². The van der Waals surface area contributed by atoms with Gasteiger partial charge in [0.15, 0.2) is 0 Å². The van der Waals surface area contributed by atoms with Crippen LogP contribution >= 0.6 is 0 Å². The molecule has 4 rings (SSSR count). The van der Waals surface area contributed by atoms with Crippen molar-refractivity contribution < 1.29 is 9.15 Å². The van der Waals surface area contributed by atoms with Crippen LogP contribution in [-0.2, 0) is 0 Å². The Morgan fingerprint density at radius 3 is 2.62 bits per heavy atom. The highest BCUT2D eigenvalue weighted by molar-refractivity contribution is 6.07. The number of aryl methyl sites for hydroxylation is 2. The first-order valence-electron chi connectivity index (χ1n) is 7.79. The molecule has 0 fully saturated rings. The standard InChI is InChI=1S/C20H17NO3/c1-11-12(2)21-16-8-9-18-15(19(11)16)10-14(20(22)24-18)13-6-4-5-7-17(13)23-3/h4-10,21H,1-3H3. The van der Waals surface area contributed by atoms with Gasteiger partial charge < -0.3 is 14.1 Å². The SMILES string of the molecule is COc1ccccc1-c1cc2c(ccc3[nH]c(C)c(C)c32)oc1=O. The predicted molar refractivity (Wildman–Crippen MR) is 95.8 cm³/mol. The Bertz CT molecular complexity index is 1130. The largest absolute Gasteiger partial charge is 0.496 e. The van der Waals surface area contributed by atoms with E-state index in [-0.39, 0.29) is 5.63 Å². The lowest BCUT2D eigenvalue weighted by Crippen LogP contribution is -2.04. The number of rotatable bonds is 2. The van der Waals surface area contributed by atoms with Gasteiger partial charge in [0.2, 0.25) is 0 Å². The Hall–Kier alpha value is -3.01. The molecular weight excluding hydrogens is 302 g/mol. The van der Waals surface area contributed by atoms with Gasteiger partial charge in [-0.2, -0.15) is 0 Å². The van der Waals surface area contributed by atoms with Crippen LogP contribution in [-0.4, -0.2) is 12.1 Å². The number of hydrogen-bond donors (Lipinski definition) is 1. The normalized spacial score (nSPS) is 11.3. The molecule has 1 N–H and O–H groups in total. The molecule has 0 bridgehead atoms. The lowest BCUT2D eigenvalue weighted by Gasteiger charge is -2.08. The maximum absolute atomic E-state index is 12.5. The minimum atomic E-state index is -0.365. The van der Waals surface area contributed by atoms with Gasteiger partial charge >= 0.3 is 5.63 Å². The van der Waals surface area contributed by atoms with Crippen molar-refractivity contribution in [3.63, 3.8) is 0 Å². The zero-order chi connectivity index (χ0) is 16.8. The van der Waals surface area contributed by atoms with E-state index in [4.69, 9.17) is 9.15 Å². The summed E-state index contributed by atoms with van der Waals surface area (Å²) in [5, 5.41) is 2.01. The topological polar surface area (TPSA) is 55.2 Å². The van der Waals surface area contributed by atoms with Crippen molar-refractivity contribution in [1.29, 1.82) is 0 Å². The molecule has 120 valence electrons. The van der Waals surface area contributed by atoms with Crippen LogP contribution in [0.15, 0.2) is 51.7 Å². The third kappa shape index (κ3) is 2.03. The molecule has 0 saturated carbocycles. The van der Waals surface area contributed by atoms with Crippen LogP contribution in [0.25, 0.3) is 33.0 Å². The minimum Gasteiger partial charge on any atom is -0.496 e. The van der Waals surface area contributed by atoms with Gasteiger partial charge in [0.05, 0.1) is 12.7 Å². The number of benzene rings is 2.